The van der Waals surface area contributed by atoms with E-state index in [0.717, 1.165) is 4.47 Å². The second-order valence-corrected chi connectivity index (χ2v) is 4.14. The van der Waals surface area contributed by atoms with Crippen LogP contribution < -0.4 is 0 Å². The van der Waals surface area contributed by atoms with Crippen LogP contribution in [0.2, 0.25) is 5.02 Å². The van der Waals surface area contributed by atoms with Crippen LogP contribution in [0.3, 0.4) is 0 Å². The maximum Gasteiger partial charge on any atom is 0.103 e. The second kappa shape index (κ2) is 4.05. The maximum absolute atomic E-state index is 9.01. The zero-order chi connectivity index (χ0) is 10.8. The Kier molecular flexibility index (Phi) is 2.76. The van der Waals surface area contributed by atoms with E-state index in [1.165, 1.54) is 6.20 Å². The number of nitriles is 1. The molecule has 0 radical (unpaired) electrons. The van der Waals surface area contributed by atoms with E-state index in [1.807, 2.05) is 18.2 Å². The SMILES string of the molecule is N#Cc1c(Br)cccc1-n1cc(Cl)cn1. The number of hydrogen-bond acceptors (Lipinski definition) is 2. The third-order valence-corrected chi connectivity index (χ3v) is 2.76. The molecule has 74 valence electrons. The molecule has 15 heavy (non-hydrogen) atoms. The van der Waals surface area contributed by atoms with Crippen molar-refractivity contribution in [3.8, 4) is 11.8 Å². The first-order chi connectivity index (χ1) is 7.22. The zero-order valence-corrected chi connectivity index (χ0v) is 9.83. The standard InChI is InChI=1S/C10H5BrClN3/c11-9-2-1-3-10(8(9)4-13)15-6-7(12)5-14-15/h1-3,5-6H. The maximum atomic E-state index is 9.01. The predicted molar refractivity (Wildman–Crippen MR) is 61.0 cm³/mol. The Morgan fingerprint density at radius 1 is 1.47 bits per heavy atom. The van der Waals surface area contributed by atoms with Crippen molar-refractivity contribution in [2.45, 2.75) is 0 Å². The van der Waals surface area contributed by atoms with Gasteiger partial charge in [0, 0.05) is 10.7 Å². The minimum atomic E-state index is 0.539. The van der Waals surface area contributed by atoms with Gasteiger partial charge in [-0.15, -0.1) is 0 Å². The van der Waals surface area contributed by atoms with Crippen LogP contribution in [0.25, 0.3) is 5.69 Å². The van der Waals surface area contributed by atoms with Gasteiger partial charge in [0.05, 0.1) is 22.5 Å². The van der Waals surface area contributed by atoms with Gasteiger partial charge in [-0.1, -0.05) is 17.7 Å². The molecule has 1 heterocycles. The van der Waals surface area contributed by atoms with E-state index < -0.39 is 0 Å². The van der Waals surface area contributed by atoms with Crippen molar-refractivity contribution in [3.63, 3.8) is 0 Å². The fourth-order valence-electron chi connectivity index (χ4n) is 1.25. The molecule has 0 aliphatic rings. The summed E-state index contributed by atoms with van der Waals surface area (Å²) in [6.45, 7) is 0. The lowest BCUT2D eigenvalue weighted by Gasteiger charge is -2.04. The number of hydrogen-bond donors (Lipinski definition) is 0. The van der Waals surface area contributed by atoms with Gasteiger partial charge < -0.3 is 0 Å². The molecular weight excluding hydrogens is 277 g/mol. The normalized spacial score (nSPS) is 9.93. The summed E-state index contributed by atoms with van der Waals surface area (Å²) in [5, 5.41) is 13.6. The molecule has 0 atom stereocenters. The molecule has 0 aliphatic heterocycles. The van der Waals surface area contributed by atoms with E-state index in [1.54, 1.807) is 10.9 Å². The highest BCUT2D eigenvalue weighted by molar-refractivity contribution is 9.10. The lowest BCUT2D eigenvalue weighted by Crippen LogP contribution is -1.98. The first-order valence-corrected chi connectivity index (χ1v) is 5.28. The molecule has 0 saturated carbocycles. The van der Waals surface area contributed by atoms with Gasteiger partial charge in [0.1, 0.15) is 6.07 Å². The van der Waals surface area contributed by atoms with Gasteiger partial charge in [0.15, 0.2) is 0 Å². The van der Waals surface area contributed by atoms with Crippen LogP contribution in [0.4, 0.5) is 0 Å². The summed E-state index contributed by atoms with van der Waals surface area (Å²) in [7, 11) is 0. The molecule has 2 aromatic rings. The van der Waals surface area contributed by atoms with E-state index in [4.69, 9.17) is 16.9 Å². The van der Waals surface area contributed by atoms with Crippen molar-refractivity contribution < 1.29 is 0 Å². The molecule has 1 aromatic carbocycles. The van der Waals surface area contributed by atoms with Crippen LogP contribution in [-0.4, -0.2) is 9.78 Å². The van der Waals surface area contributed by atoms with Crippen LogP contribution in [0.5, 0.6) is 0 Å². The smallest absolute Gasteiger partial charge is 0.103 e. The van der Waals surface area contributed by atoms with E-state index in [-0.39, 0.29) is 0 Å². The average Bonchev–Trinajstić information content (AvgIpc) is 2.64. The van der Waals surface area contributed by atoms with E-state index in [2.05, 4.69) is 27.1 Å². The molecule has 2 rings (SSSR count). The summed E-state index contributed by atoms with van der Waals surface area (Å²) >= 11 is 9.08. The zero-order valence-electron chi connectivity index (χ0n) is 7.48. The van der Waals surface area contributed by atoms with Gasteiger partial charge in [0.25, 0.3) is 0 Å². The minimum absolute atomic E-state index is 0.539. The Labute approximate surface area is 100 Å². The third-order valence-electron chi connectivity index (χ3n) is 1.90. The predicted octanol–water partition coefficient (Wildman–Crippen LogP) is 3.16. The van der Waals surface area contributed by atoms with Crippen LogP contribution in [0.15, 0.2) is 35.1 Å². The number of benzene rings is 1. The van der Waals surface area contributed by atoms with Gasteiger partial charge >= 0.3 is 0 Å². The van der Waals surface area contributed by atoms with Gasteiger partial charge in [-0.3, -0.25) is 0 Å². The van der Waals surface area contributed by atoms with Crippen LogP contribution >= 0.6 is 27.5 Å². The summed E-state index contributed by atoms with van der Waals surface area (Å²) in [5.74, 6) is 0. The van der Waals surface area contributed by atoms with Gasteiger partial charge in [-0.2, -0.15) is 10.4 Å². The van der Waals surface area contributed by atoms with Gasteiger partial charge in [-0.05, 0) is 28.1 Å². The Balaban J connectivity index is 2.63. The lowest BCUT2D eigenvalue weighted by molar-refractivity contribution is 0.876. The lowest BCUT2D eigenvalue weighted by atomic mass is 10.2. The van der Waals surface area contributed by atoms with Crippen molar-refractivity contribution in [2.75, 3.05) is 0 Å². The number of rotatable bonds is 1. The van der Waals surface area contributed by atoms with Crippen molar-refractivity contribution in [1.29, 1.82) is 5.26 Å². The third kappa shape index (κ3) is 1.89. The molecule has 5 heteroatoms. The van der Waals surface area contributed by atoms with Gasteiger partial charge in [0.2, 0.25) is 0 Å². The molecule has 0 bridgehead atoms. The Morgan fingerprint density at radius 2 is 2.27 bits per heavy atom. The van der Waals surface area contributed by atoms with Crippen LogP contribution in [0, 0.1) is 11.3 Å². The van der Waals surface area contributed by atoms with Crippen molar-refractivity contribution in [1.82, 2.24) is 9.78 Å². The quantitative estimate of drug-likeness (QED) is 0.806. The Bertz CT molecular complexity index is 542. The molecule has 0 spiro atoms. The molecule has 3 nitrogen and oxygen atoms in total. The fourth-order valence-corrected chi connectivity index (χ4v) is 1.83. The van der Waals surface area contributed by atoms with Crippen molar-refractivity contribution in [3.05, 3.63) is 45.7 Å². The molecule has 0 N–H and O–H groups in total. The van der Waals surface area contributed by atoms with E-state index in [9.17, 15) is 0 Å². The Hall–Kier alpha value is -1.31. The van der Waals surface area contributed by atoms with Crippen LogP contribution in [0.1, 0.15) is 5.56 Å². The monoisotopic (exact) mass is 281 g/mol. The first kappa shape index (κ1) is 10.2. The number of nitrogens with zero attached hydrogens (tertiary/aromatic N) is 3. The molecule has 0 amide bonds. The average molecular weight is 283 g/mol. The van der Waals surface area contributed by atoms with E-state index >= 15 is 0 Å². The highest BCUT2D eigenvalue weighted by atomic mass is 79.9. The van der Waals surface area contributed by atoms with Crippen molar-refractivity contribution >= 4 is 27.5 Å². The largest absolute Gasteiger partial charge is 0.238 e. The van der Waals surface area contributed by atoms with E-state index in [0.29, 0.717) is 16.3 Å². The highest BCUT2D eigenvalue weighted by Crippen LogP contribution is 2.23. The van der Waals surface area contributed by atoms with Crippen LogP contribution in [-0.2, 0) is 0 Å². The fraction of sp³-hybridized carbons (Fsp3) is 0. The first-order valence-electron chi connectivity index (χ1n) is 4.11. The van der Waals surface area contributed by atoms with Crippen molar-refractivity contribution in [2.24, 2.45) is 0 Å². The number of aromatic nitrogens is 2. The molecule has 0 aliphatic carbocycles. The summed E-state index contributed by atoms with van der Waals surface area (Å²) in [5.41, 5.74) is 1.25. The van der Waals surface area contributed by atoms with Gasteiger partial charge in [-0.25, -0.2) is 4.68 Å². The molecule has 0 saturated heterocycles. The highest BCUT2D eigenvalue weighted by Gasteiger charge is 2.08. The summed E-state index contributed by atoms with van der Waals surface area (Å²) in [4.78, 5) is 0. The minimum Gasteiger partial charge on any atom is -0.238 e. The second-order valence-electron chi connectivity index (χ2n) is 2.85. The number of halogens is 2. The summed E-state index contributed by atoms with van der Waals surface area (Å²) in [6.07, 6.45) is 3.19. The molecule has 1 aromatic heterocycles. The summed E-state index contributed by atoms with van der Waals surface area (Å²) < 4.78 is 2.32. The Morgan fingerprint density at radius 3 is 2.87 bits per heavy atom. The summed E-state index contributed by atoms with van der Waals surface area (Å²) in [6, 6.07) is 7.59. The molecule has 0 fully saturated rings. The topological polar surface area (TPSA) is 41.6 Å². The molecule has 0 unspecified atom stereocenters. The molecular formula is C10H5BrClN3.